The molecule has 0 aromatic heterocycles. The molecule has 0 radical (unpaired) electrons. The van der Waals surface area contributed by atoms with Crippen LogP contribution in [-0.2, 0) is 0 Å². The number of hydrogen-bond donors (Lipinski definition) is 1. The SMILES string of the molecule is Nc1ccc(N2CCN(C3CC3)CC2)cc1[N+](=O)[O-]. The molecule has 6 heteroatoms. The summed E-state index contributed by atoms with van der Waals surface area (Å²) in [5.74, 6) is 0. The van der Waals surface area contributed by atoms with Crippen LogP contribution < -0.4 is 10.6 Å². The largest absolute Gasteiger partial charge is 0.393 e. The van der Waals surface area contributed by atoms with Crippen molar-refractivity contribution < 1.29 is 4.92 Å². The Morgan fingerprint density at radius 1 is 1.21 bits per heavy atom. The van der Waals surface area contributed by atoms with Gasteiger partial charge in [0.25, 0.3) is 5.69 Å². The molecule has 2 N–H and O–H groups in total. The Labute approximate surface area is 111 Å². The first kappa shape index (κ1) is 12.2. The first-order valence-electron chi connectivity index (χ1n) is 6.68. The van der Waals surface area contributed by atoms with E-state index in [-0.39, 0.29) is 11.4 Å². The highest BCUT2D eigenvalue weighted by molar-refractivity contribution is 5.66. The molecule has 0 spiro atoms. The van der Waals surface area contributed by atoms with Gasteiger partial charge in [0.05, 0.1) is 4.92 Å². The van der Waals surface area contributed by atoms with Gasteiger partial charge >= 0.3 is 0 Å². The minimum atomic E-state index is -0.417. The van der Waals surface area contributed by atoms with Crippen molar-refractivity contribution in [2.24, 2.45) is 0 Å². The molecule has 1 aliphatic heterocycles. The predicted molar refractivity (Wildman–Crippen MR) is 74.3 cm³/mol. The van der Waals surface area contributed by atoms with Gasteiger partial charge in [0, 0.05) is 44.0 Å². The maximum atomic E-state index is 10.9. The second-order valence-corrected chi connectivity index (χ2v) is 5.25. The quantitative estimate of drug-likeness (QED) is 0.507. The van der Waals surface area contributed by atoms with Crippen LogP contribution in [0.3, 0.4) is 0 Å². The van der Waals surface area contributed by atoms with Gasteiger partial charge in [-0.1, -0.05) is 0 Å². The summed E-state index contributed by atoms with van der Waals surface area (Å²) < 4.78 is 0. The number of nitrogens with zero attached hydrogens (tertiary/aromatic N) is 3. The van der Waals surface area contributed by atoms with Crippen LogP contribution in [0.2, 0.25) is 0 Å². The smallest absolute Gasteiger partial charge is 0.294 e. The van der Waals surface area contributed by atoms with Crippen LogP contribution in [0.4, 0.5) is 17.1 Å². The fourth-order valence-electron chi connectivity index (χ4n) is 2.67. The van der Waals surface area contributed by atoms with Crippen molar-refractivity contribution in [2.75, 3.05) is 36.8 Å². The van der Waals surface area contributed by atoms with Crippen LogP contribution >= 0.6 is 0 Å². The molecule has 2 aliphatic rings. The molecule has 1 heterocycles. The van der Waals surface area contributed by atoms with E-state index in [4.69, 9.17) is 5.73 Å². The molecule has 1 aromatic rings. The average Bonchev–Trinajstić information content (AvgIpc) is 3.23. The first-order chi connectivity index (χ1) is 9.15. The van der Waals surface area contributed by atoms with Crippen LogP contribution in [0.1, 0.15) is 12.8 Å². The lowest BCUT2D eigenvalue weighted by Gasteiger charge is -2.36. The molecule has 2 fully saturated rings. The standard InChI is InChI=1S/C13H18N4O2/c14-12-4-3-11(9-13(12)17(18)19)16-7-5-15(6-8-16)10-1-2-10/h3-4,9-10H,1-2,5-8,14H2. The molecular weight excluding hydrogens is 244 g/mol. The van der Waals surface area contributed by atoms with Crippen molar-refractivity contribution in [1.82, 2.24) is 4.90 Å². The number of nitro groups is 1. The van der Waals surface area contributed by atoms with Gasteiger partial charge in [-0.05, 0) is 25.0 Å². The Hall–Kier alpha value is -1.82. The number of nitro benzene ring substituents is 1. The van der Waals surface area contributed by atoms with Crippen molar-refractivity contribution in [2.45, 2.75) is 18.9 Å². The number of nitrogen functional groups attached to an aromatic ring is 1. The fourth-order valence-corrected chi connectivity index (χ4v) is 2.67. The third kappa shape index (κ3) is 2.49. The fraction of sp³-hybridized carbons (Fsp3) is 0.538. The Bertz CT molecular complexity index is 493. The number of nitrogens with two attached hydrogens (primary N) is 1. The molecule has 1 aliphatic carbocycles. The van der Waals surface area contributed by atoms with Gasteiger partial charge in [-0.15, -0.1) is 0 Å². The van der Waals surface area contributed by atoms with Gasteiger partial charge in [0.1, 0.15) is 5.69 Å². The number of rotatable bonds is 3. The summed E-state index contributed by atoms with van der Waals surface area (Å²) in [5.41, 5.74) is 6.75. The van der Waals surface area contributed by atoms with Crippen molar-refractivity contribution in [3.8, 4) is 0 Å². The van der Waals surface area contributed by atoms with E-state index in [0.717, 1.165) is 37.9 Å². The summed E-state index contributed by atoms with van der Waals surface area (Å²) >= 11 is 0. The highest BCUT2D eigenvalue weighted by Gasteiger charge is 2.31. The highest BCUT2D eigenvalue weighted by atomic mass is 16.6. The molecule has 1 saturated carbocycles. The summed E-state index contributed by atoms with van der Waals surface area (Å²) in [6.07, 6.45) is 2.65. The van der Waals surface area contributed by atoms with Gasteiger partial charge in [0.15, 0.2) is 0 Å². The predicted octanol–water partition coefficient (Wildman–Crippen LogP) is 1.46. The second kappa shape index (κ2) is 4.70. The summed E-state index contributed by atoms with van der Waals surface area (Å²) in [5, 5.41) is 10.9. The molecule has 0 unspecified atom stereocenters. The van der Waals surface area contributed by atoms with Gasteiger partial charge in [0.2, 0.25) is 0 Å². The Balaban J connectivity index is 1.72. The van der Waals surface area contributed by atoms with Crippen molar-refractivity contribution in [3.05, 3.63) is 28.3 Å². The van der Waals surface area contributed by atoms with Crippen LogP contribution in [0, 0.1) is 10.1 Å². The Kier molecular flexibility index (Phi) is 3.02. The van der Waals surface area contributed by atoms with E-state index in [1.807, 2.05) is 6.07 Å². The lowest BCUT2D eigenvalue weighted by molar-refractivity contribution is -0.383. The molecule has 6 nitrogen and oxygen atoms in total. The minimum Gasteiger partial charge on any atom is -0.393 e. The van der Waals surface area contributed by atoms with E-state index in [2.05, 4.69) is 9.80 Å². The van der Waals surface area contributed by atoms with Crippen molar-refractivity contribution >= 4 is 17.1 Å². The van der Waals surface area contributed by atoms with E-state index < -0.39 is 4.92 Å². The van der Waals surface area contributed by atoms with Gasteiger partial charge < -0.3 is 10.6 Å². The molecule has 0 atom stereocenters. The highest BCUT2D eigenvalue weighted by Crippen LogP contribution is 2.30. The lowest BCUT2D eigenvalue weighted by Crippen LogP contribution is -2.47. The molecule has 102 valence electrons. The normalized spacial score (nSPS) is 20.5. The molecule has 0 amide bonds. The van der Waals surface area contributed by atoms with E-state index in [9.17, 15) is 10.1 Å². The van der Waals surface area contributed by atoms with Crippen LogP contribution in [-0.4, -0.2) is 42.0 Å². The molecule has 0 bridgehead atoms. The maximum absolute atomic E-state index is 10.9. The van der Waals surface area contributed by atoms with E-state index in [0.29, 0.717) is 0 Å². The van der Waals surface area contributed by atoms with E-state index in [1.165, 1.54) is 12.8 Å². The van der Waals surface area contributed by atoms with Crippen molar-refractivity contribution in [1.29, 1.82) is 0 Å². The summed E-state index contributed by atoms with van der Waals surface area (Å²) in [6.45, 7) is 3.95. The summed E-state index contributed by atoms with van der Waals surface area (Å²) in [4.78, 5) is 15.2. The first-order valence-corrected chi connectivity index (χ1v) is 6.68. The lowest BCUT2D eigenvalue weighted by atomic mass is 10.2. The van der Waals surface area contributed by atoms with Crippen LogP contribution in [0.25, 0.3) is 0 Å². The zero-order valence-electron chi connectivity index (χ0n) is 10.8. The second-order valence-electron chi connectivity index (χ2n) is 5.25. The van der Waals surface area contributed by atoms with Gasteiger partial charge in [-0.25, -0.2) is 0 Å². The van der Waals surface area contributed by atoms with Gasteiger partial charge in [-0.3, -0.25) is 15.0 Å². The number of piperazine rings is 1. The number of benzene rings is 1. The molecular formula is C13H18N4O2. The number of anilines is 2. The zero-order valence-corrected chi connectivity index (χ0v) is 10.8. The monoisotopic (exact) mass is 262 g/mol. The molecule has 19 heavy (non-hydrogen) atoms. The van der Waals surface area contributed by atoms with E-state index in [1.54, 1.807) is 12.1 Å². The minimum absolute atomic E-state index is 0.00197. The summed E-state index contributed by atoms with van der Waals surface area (Å²) in [6, 6.07) is 5.88. The molecule has 3 rings (SSSR count). The van der Waals surface area contributed by atoms with Crippen molar-refractivity contribution in [3.63, 3.8) is 0 Å². The third-order valence-corrected chi connectivity index (χ3v) is 3.95. The topological polar surface area (TPSA) is 75.6 Å². The summed E-state index contributed by atoms with van der Waals surface area (Å²) in [7, 11) is 0. The number of hydrogen-bond acceptors (Lipinski definition) is 5. The molecule has 1 saturated heterocycles. The zero-order chi connectivity index (χ0) is 13.4. The Morgan fingerprint density at radius 3 is 2.47 bits per heavy atom. The molecule has 1 aromatic carbocycles. The van der Waals surface area contributed by atoms with E-state index >= 15 is 0 Å². The average molecular weight is 262 g/mol. The van der Waals surface area contributed by atoms with Crippen LogP contribution in [0.5, 0.6) is 0 Å². The van der Waals surface area contributed by atoms with Gasteiger partial charge in [-0.2, -0.15) is 0 Å². The Morgan fingerprint density at radius 2 is 1.89 bits per heavy atom. The van der Waals surface area contributed by atoms with Crippen LogP contribution in [0.15, 0.2) is 18.2 Å². The third-order valence-electron chi connectivity index (χ3n) is 3.95. The maximum Gasteiger partial charge on any atom is 0.294 e.